The van der Waals surface area contributed by atoms with Crippen LogP contribution in [0.4, 0.5) is 8.78 Å². The minimum atomic E-state index is -3.96. The Bertz CT molecular complexity index is 560. The predicted octanol–water partition coefficient (Wildman–Crippen LogP) is 2.01. The molecule has 1 aromatic rings. The van der Waals surface area contributed by atoms with Gasteiger partial charge in [0.1, 0.15) is 4.90 Å². The van der Waals surface area contributed by atoms with Crippen LogP contribution in [-0.4, -0.2) is 48.4 Å². The number of aryl methyl sites for hydroxylation is 2. The lowest BCUT2D eigenvalue weighted by molar-refractivity contribution is 0.126. The Balaban J connectivity index is 3.15. The third-order valence-corrected chi connectivity index (χ3v) is 5.23. The van der Waals surface area contributed by atoms with Gasteiger partial charge in [-0.1, -0.05) is 0 Å². The van der Waals surface area contributed by atoms with E-state index in [1.807, 2.05) is 0 Å². The highest BCUT2D eigenvalue weighted by molar-refractivity contribution is 7.89. The molecule has 0 saturated carbocycles. The Morgan fingerprint density at radius 1 is 1.40 bits per heavy atom. The Morgan fingerprint density at radius 3 is 2.50 bits per heavy atom. The molecule has 0 fully saturated rings. The molecule has 0 atom stereocenters. The molecule has 1 aromatic heterocycles. The summed E-state index contributed by atoms with van der Waals surface area (Å²) in [6.45, 7) is 2.81. The summed E-state index contributed by atoms with van der Waals surface area (Å²) in [7, 11) is -2.83. The zero-order valence-corrected chi connectivity index (χ0v) is 13.2. The van der Waals surface area contributed by atoms with Gasteiger partial charge in [0.15, 0.2) is 0 Å². The fourth-order valence-electron chi connectivity index (χ4n) is 1.93. The molecule has 0 bridgehead atoms. The summed E-state index contributed by atoms with van der Waals surface area (Å²) in [6, 6.07) is 0. The summed E-state index contributed by atoms with van der Waals surface area (Å²) >= 11 is 5.60. The van der Waals surface area contributed by atoms with Crippen molar-refractivity contribution in [3.8, 4) is 0 Å². The van der Waals surface area contributed by atoms with Crippen LogP contribution in [0.5, 0.6) is 0 Å². The van der Waals surface area contributed by atoms with Gasteiger partial charge >= 0.3 is 0 Å². The molecule has 1 rings (SSSR count). The Kier molecular flexibility index (Phi) is 5.91. The lowest BCUT2D eigenvalue weighted by Gasteiger charge is -2.16. The van der Waals surface area contributed by atoms with Crippen molar-refractivity contribution in [3.63, 3.8) is 0 Å². The fraction of sp³-hybridized carbons (Fsp3) is 0.727. The van der Waals surface area contributed by atoms with Gasteiger partial charge in [-0.15, -0.1) is 11.6 Å². The molecule has 0 spiro atoms. The van der Waals surface area contributed by atoms with Gasteiger partial charge in [0.05, 0.1) is 17.9 Å². The number of hydrogen-bond donors (Lipinski definition) is 0. The van der Waals surface area contributed by atoms with Crippen LogP contribution in [0, 0.1) is 13.8 Å². The van der Waals surface area contributed by atoms with E-state index in [9.17, 15) is 17.2 Å². The maximum atomic E-state index is 12.4. The number of hydrogen-bond acceptors (Lipinski definition) is 3. The number of halogens is 3. The van der Waals surface area contributed by atoms with Crippen LogP contribution >= 0.6 is 11.6 Å². The highest BCUT2D eigenvalue weighted by Gasteiger charge is 2.30. The highest BCUT2D eigenvalue weighted by atomic mass is 35.5. The van der Waals surface area contributed by atoms with Gasteiger partial charge in [-0.05, 0) is 20.3 Å². The second-order valence-electron chi connectivity index (χ2n) is 4.44. The molecule has 116 valence electrons. The largest absolute Gasteiger partial charge is 0.268 e. The normalized spacial score (nSPS) is 12.6. The maximum Gasteiger partial charge on any atom is 0.252 e. The molecule has 20 heavy (non-hydrogen) atoms. The molecule has 0 unspecified atom stereocenters. The number of sulfonamides is 1. The predicted molar refractivity (Wildman–Crippen MR) is 72.9 cm³/mol. The van der Waals surface area contributed by atoms with Gasteiger partial charge in [0, 0.05) is 19.5 Å². The Morgan fingerprint density at radius 2 is 2.00 bits per heavy atom. The third kappa shape index (κ3) is 3.67. The van der Waals surface area contributed by atoms with Crippen LogP contribution in [-0.2, 0) is 16.6 Å². The third-order valence-electron chi connectivity index (χ3n) is 2.88. The monoisotopic (exact) mass is 329 g/mol. The van der Waals surface area contributed by atoms with E-state index in [0.29, 0.717) is 34.5 Å². The molecule has 0 aliphatic heterocycles. The van der Waals surface area contributed by atoms with Gasteiger partial charge in [-0.3, -0.25) is 4.68 Å². The fourth-order valence-corrected chi connectivity index (χ4v) is 3.56. The van der Waals surface area contributed by atoms with Crippen molar-refractivity contribution in [3.05, 3.63) is 11.4 Å². The minimum absolute atomic E-state index is 0.00442. The summed E-state index contributed by atoms with van der Waals surface area (Å²) in [5.41, 5.74) is 0.743. The average Bonchev–Trinajstić information content (AvgIpc) is 2.61. The first-order valence-electron chi connectivity index (χ1n) is 6.06. The average molecular weight is 330 g/mol. The summed E-state index contributed by atoms with van der Waals surface area (Å²) in [5.74, 6) is 0.436. The van der Waals surface area contributed by atoms with Gasteiger partial charge < -0.3 is 0 Å². The standard InChI is InChI=1S/C11H18ClF2N3O2S/c1-8-11(9(2)17(15-8)6-4-5-12)20(18,19)16(3)7-10(13)14/h10H,4-7H2,1-3H3. The first-order chi connectivity index (χ1) is 9.21. The van der Waals surface area contributed by atoms with E-state index in [1.54, 1.807) is 18.5 Å². The van der Waals surface area contributed by atoms with E-state index in [1.165, 1.54) is 0 Å². The van der Waals surface area contributed by atoms with Crippen molar-refractivity contribution in [2.24, 2.45) is 0 Å². The van der Waals surface area contributed by atoms with E-state index in [2.05, 4.69) is 5.10 Å². The summed E-state index contributed by atoms with van der Waals surface area (Å²) < 4.78 is 51.5. The second-order valence-corrected chi connectivity index (χ2v) is 6.80. The molecule has 0 aliphatic rings. The maximum absolute atomic E-state index is 12.4. The first kappa shape index (κ1) is 17.3. The van der Waals surface area contributed by atoms with E-state index in [0.717, 1.165) is 7.05 Å². The number of rotatable bonds is 7. The van der Waals surface area contributed by atoms with E-state index >= 15 is 0 Å². The van der Waals surface area contributed by atoms with Gasteiger partial charge in [0.25, 0.3) is 6.43 Å². The van der Waals surface area contributed by atoms with Crippen molar-refractivity contribution in [1.29, 1.82) is 0 Å². The molecule has 0 saturated heterocycles. The van der Waals surface area contributed by atoms with Gasteiger partial charge in [0.2, 0.25) is 10.0 Å². The minimum Gasteiger partial charge on any atom is -0.268 e. The van der Waals surface area contributed by atoms with Crippen molar-refractivity contribution in [2.45, 2.75) is 38.1 Å². The first-order valence-corrected chi connectivity index (χ1v) is 8.03. The van der Waals surface area contributed by atoms with Crippen LogP contribution in [0.25, 0.3) is 0 Å². The quantitative estimate of drug-likeness (QED) is 0.719. The Labute approximate surface area is 122 Å². The van der Waals surface area contributed by atoms with Gasteiger partial charge in [-0.25, -0.2) is 17.2 Å². The molecule has 0 radical (unpaired) electrons. The number of nitrogens with zero attached hydrogens (tertiary/aromatic N) is 3. The van der Waals surface area contributed by atoms with E-state index in [-0.39, 0.29) is 4.90 Å². The zero-order chi connectivity index (χ0) is 15.5. The molecule has 0 N–H and O–H groups in total. The van der Waals surface area contributed by atoms with Crippen LogP contribution in [0.3, 0.4) is 0 Å². The highest BCUT2D eigenvalue weighted by Crippen LogP contribution is 2.23. The van der Waals surface area contributed by atoms with E-state index in [4.69, 9.17) is 11.6 Å². The molecule has 0 amide bonds. The number of alkyl halides is 3. The molecule has 0 aromatic carbocycles. The lowest BCUT2D eigenvalue weighted by Crippen LogP contribution is -2.32. The van der Waals surface area contributed by atoms with Crippen LogP contribution in [0.15, 0.2) is 4.90 Å². The van der Waals surface area contributed by atoms with Crippen molar-refractivity contribution < 1.29 is 17.2 Å². The van der Waals surface area contributed by atoms with Crippen molar-refractivity contribution >= 4 is 21.6 Å². The molecule has 1 heterocycles. The van der Waals surface area contributed by atoms with Crippen molar-refractivity contribution in [1.82, 2.24) is 14.1 Å². The zero-order valence-electron chi connectivity index (χ0n) is 11.6. The second kappa shape index (κ2) is 6.82. The molecule has 0 aliphatic carbocycles. The smallest absolute Gasteiger partial charge is 0.252 e. The molecular weight excluding hydrogens is 312 g/mol. The van der Waals surface area contributed by atoms with Crippen LogP contribution in [0.1, 0.15) is 17.8 Å². The molecular formula is C11H18ClF2N3O2S. The van der Waals surface area contributed by atoms with Crippen molar-refractivity contribution in [2.75, 3.05) is 19.5 Å². The topological polar surface area (TPSA) is 55.2 Å². The van der Waals surface area contributed by atoms with Gasteiger partial charge in [-0.2, -0.15) is 9.40 Å². The van der Waals surface area contributed by atoms with E-state index < -0.39 is 23.0 Å². The van der Waals surface area contributed by atoms with Crippen LogP contribution < -0.4 is 0 Å². The lowest BCUT2D eigenvalue weighted by atomic mass is 10.4. The summed E-state index contributed by atoms with van der Waals surface area (Å²) in [4.78, 5) is -0.00442. The molecule has 9 heteroatoms. The van der Waals surface area contributed by atoms with Crippen LogP contribution in [0.2, 0.25) is 0 Å². The summed E-state index contributed by atoms with van der Waals surface area (Å²) in [5, 5.41) is 4.14. The Hall–Kier alpha value is -0.730. The SMILES string of the molecule is Cc1nn(CCCCl)c(C)c1S(=O)(=O)N(C)CC(F)F. The summed E-state index contributed by atoms with van der Waals surface area (Å²) in [6.07, 6.45) is -2.07. The molecule has 5 nitrogen and oxygen atoms in total. The number of aromatic nitrogens is 2.